The van der Waals surface area contributed by atoms with E-state index in [1.807, 2.05) is 12.1 Å². The van der Waals surface area contributed by atoms with Crippen LogP contribution in [0.15, 0.2) is 36.5 Å². The Labute approximate surface area is 108 Å². The highest BCUT2D eigenvalue weighted by atomic mass is 35.5. The molecule has 3 nitrogen and oxygen atoms in total. The summed E-state index contributed by atoms with van der Waals surface area (Å²) in [5.74, 6) is 0. The Morgan fingerprint density at radius 3 is 2.72 bits per heavy atom. The molecule has 1 aromatic heterocycles. The minimum atomic E-state index is -2.64. The van der Waals surface area contributed by atoms with Gasteiger partial charge in [0.15, 0.2) is 0 Å². The first kappa shape index (κ1) is 13.0. The number of hydrogen-bond acceptors (Lipinski definition) is 2. The van der Waals surface area contributed by atoms with Gasteiger partial charge in [-0.25, -0.2) is 4.68 Å². The minimum absolute atomic E-state index is 0.427. The first-order valence-electron chi connectivity index (χ1n) is 5.39. The van der Waals surface area contributed by atoms with Crippen LogP contribution in [0.3, 0.4) is 0 Å². The summed E-state index contributed by atoms with van der Waals surface area (Å²) in [7, 11) is 0. The zero-order chi connectivity index (χ0) is 13.1. The van der Waals surface area contributed by atoms with Crippen LogP contribution in [0.2, 0.25) is 5.02 Å². The zero-order valence-electron chi connectivity index (χ0n) is 9.43. The molecule has 0 saturated heterocycles. The van der Waals surface area contributed by atoms with Crippen LogP contribution in [0.5, 0.6) is 0 Å². The Bertz CT molecular complexity index is 528. The Morgan fingerprint density at radius 2 is 2.11 bits per heavy atom. The molecule has 0 fully saturated rings. The van der Waals surface area contributed by atoms with E-state index in [1.165, 1.54) is 12.3 Å². The third-order valence-electron chi connectivity index (χ3n) is 2.55. The first-order valence-corrected chi connectivity index (χ1v) is 5.77. The fourth-order valence-corrected chi connectivity index (χ4v) is 1.89. The number of alkyl halides is 2. The van der Waals surface area contributed by atoms with E-state index >= 15 is 0 Å². The van der Waals surface area contributed by atoms with Gasteiger partial charge in [0.05, 0.1) is 11.7 Å². The molecule has 1 atom stereocenters. The van der Waals surface area contributed by atoms with Crippen molar-refractivity contribution in [2.45, 2.75) is 19.0 Å². The largest absolute Gasteiger partial charge is 0.333 e. The second kappa shape index (κ2) is 5.46. The van der Waals surface area contributed by atoms with Gasteiger partial charge in [-0.3, -0.25) is 0 Å². The van der Waals surface area contributed by atoms with Crippen LogP contribution < -0.4 is 5.73 Å². The molecule has 1 aromatic carbocycles. The molecule has 1 heterocycles. The number of nitrogens with two attached hydrogens (primary N) is 1. The molecule has 2 aromatic rings. The molecule has 6 heteroatoms. The van der Waals surface area contributed by atoms with Crippen LogP contribution in [-0.4, -0.2) is 9.78 Å². The predicted octanol–water partition coefficient (Wildman–Crippen LogP) is 3.17. The van der Waals surface area contributed by atoms with Gasteiger partial charge in [-0.2, -0.15) is 13.9 Å². The third-order valence-corrected chi connectivity index (χ3v) is 2.79. The molecular weight excluding hydrogens is 260 g/mol. The van der Waals surface area contributed by atoms with Crippen LogP contribution in [-0.2, 0) is 6.42 Å². The second-order valence-electron chi connectivity index (χ2n) is 3.94. The number of nitrogens with zero attached hydrogens (tertiary/aromatic N) is 2. The van der Waals surface area contributed by atoms with Gasteiger partial charge >= 0.3 is 6.55 Å². The molecule has 0 aliphatic carbocycles. The predicted molar refractivity (Wildman–Crippen MR) is 65.6 cm³/mol. The summed E-state index contributed by atoms with van der Waals surface area (Å²) in [6.07, 6.45) is 1.72. The van der Waals surface area contributed by atoms with E-state index in [0.717, 1.165) is 5.56 Å². The number of halogens is 3. The van der Waals surface area contributed by atoms with E-state index in [9.17, 15) is 8.78 Å². The lowest BCUT2D eigenvalue weighted by molar-refractivity contribution is 0.0560. The van der Waals surface area contributed by atoms with Crippen molar-refractivity contribution >= 4 is 11.6 Å². The Hall–Kier alpha value is -1.46. The molecular formula is C12H12ClF2N3. The Morgan fingerprint density at radius 1 is 1.33 bits per heavy atom. The molecule has 0 aliphatic rings. The van der Waals surface area contributed by atoms with Gasteiger partial charge in [-0.1, -0.05) is 23.7 Å². The number of rotatable bonds is 4. The van der Waals surface area contributed by atoms with Gasteiger partial charge in [-0.05, 0) is 30.2 Å². The molecule has 0 amide bonds. The quantitative estimate of drug-likeness (QED) is 0.928. The fourth-order valence-electron chi connectivity index (χ4n) is 1.68. The van der Waals surface area contributed by atoms with Gasteiger partial charge in [0.25, 0.3) is 0 Å². The number of aromatic nitrogens is 2. The van der Waals surface area contributed by atoms with E-state index in [4.69, 9.17) is 17.3 Å². The van der Waals surface area contributed by atoms with Gasteiger partial charge < -0.3 is 5.73 Å². The topological polar surface area (TPSA) is 43.8 Å². The summed E-state index contributed by atoms with van der Waals surface area (Å²) in [6.45, 7) is -2.64. The van der Waals surface area contributed by atoms with E-state index < -0.39 is 12.6 Å². The average Bonchev–Trinajstić information content (AvgIpc) is 2.78. The molecule has 0 bridgehead atoms. The third kappa shape index (κ3) is 3.05. The smallest absolute Gasteiger partial charge is 0.322 e. The standard InChI is InChI=1S/C12H12ClF2N3/c13-9-3-1-2-8(6-9)7-10(16)11-4-5-18(17-11)12(14)15/h1-6,10,12H,7,16H2. The van der Waals surface area contributed by atoms with Crippen molar-refractivity contribution in [2.75, 3.05) is 0 Å². The van der Waals surface area contributed by atoms with Crippen LogP contribution >= 0.6 is 11.6 Å². The van der Waals surface area contributed by atoms with Crippen LogP contribution in [0.1, 0.15) is 23.8 Å². The summed E-state index contributed by atoms with van der Waals surface area (Å²) in [6, 6.07) is 8.34. The molecule has 0 spiro atoms. The summed E-state index contributed by atoms with van der Waals surface area (Å²) in [5, 5.41) is 4.36. The maximum atomic E-state index is 12.4. The maximum Gasteiger partial charge on any atom is 0.333 e. The zero-order valence-corrected chi connectivity index (χ0v) is 10.2. The van der Waals surface area contributed by atoms with Crippen molar-refractivity contribution in [3.63, 3.8) is 0 Å². The van der Waals surface area contributed by atoms with Gasteiger partial charge in [0.1, 0.15) is 0 Å². The van der Waals surface area contributed by atoms with Crippen molar-refractivity contribution in [1.29, 1.82) is 0 Å². The minimum Gasteiger partial charge on any atom is -0.322 e. The Balaban J connectivity index is 2.09. The van der Waals surface area contributed by atoms with E-state index in [-0.39, 0.29) is 0 Å². The summed E-state index contributed by atoms with van der Waals surface area (Å²) in [5.41, 5.74) is 7.31. The lowest BCUT2D eigenvalue weighted by Gasteiger charge is -2.09. The molecule has 0 radical (unpaired) electrons. The lowest BCUT2D eigenvalue weighted by atomic mass is 10.0. The second-order valence-corrected chi connectivity index (χ2v) is 4.38. The molecule has 96 valence electrons. The van der Waals surface area contributed by atoms with Crippen LogP contribution in [0.25, 0.3) is 0 Å². The van der Waals surface area contributed by atoms with Crippen LogP contribution in [0.4, 0.5) is 8.78 Å². The summed E-state index contributed by atoms with van der Waals surface area (Å²) >= 11 is 5.86. The summed E-state index contributed by atoms with van der Waals surface area (Å²) < 4.78 is 25.3. The molecule has 18 heavy (non-hydrogen) atoms. The first-order chi connectivity index (χ1) is 8.56. The maximum absolute atomic E-state index is 12.4. The van der Waals surface area contributed by atoms with Crippen molar-refractivity contribution in [3.8, 4) is 0 Å². The van der Waals surface area contributed by atoms with Crippen molar-refractivity contribution < 1.29 is 8.78 Å². The van der Waals surface area contributed by atoms with E-state index in [0.29, 0.717) is 21.8 Å². The molecule has 1 unspecified atom stereocenters. The normalized spacial score (nSPS) is 12.9. The average molecular weight is 272 g/mol. The number of hydrogen-bond donors (Lipinski definition) is 1. The van der Waals surface area contributed by atoms with Crippen LogP contribution in [0, 0.1) is 0 Å². The Kier molecular flexibility index (Phi) is 3.93. The number of benzene rings is 1. The highest BCUT2D eigenvalue weighted by molar-refractivity contribution is 6.30. The lowest BCUT2D eigenvalue weighted by Crippen LogP contribution is -2.14. The highest BCUT2D eigenvalue weighted by Gasteiger charge is 2.13. The van der Waals surface area contributed by atoms with Gasteiger partial charge in [0, 0.05) is 11.2 Å². The highest BCUT2D eigenvalue weighted by Crippen LogP contribution is 2.18. The van der Waals surface area contributed by atoms with Gasteiger partial charge in [0.2, 0.25) is 0 Å². The van der Waals surface area contributed by atoms with Gasteiger partial charge in [-0.15, -0.1) is 0 Å². The summed E-state index contributed by atoms with van der Waals surface area (Å²) in [4.78, 5) is 0. The molecule has 2 N–H and O–H groups in total. The fraction of sp³-hybridized carbons (Fsp3) is 0.250. The molecule has 2 rings (SSSR count). The van der Waals surface area contributed by atoms with E-state index in [2.05, 4.69) is 5.10 Å². The van der Waals surface area contributed by atoms with Crippen molar-refractivity contribution in [1.82, 2.24) is 9.78 Å². The van der Waals surface area contributed by atoms with E-state index in [1.54, 1.807) is 12.1 Å². The SMILES string of the molecule is NC(Cc1cccc(Cl)c1)c1ccn(C(F)F)n1. The van der Waals surface area contributed by atoms with Crippen molar-refractivity contribution in [2.24, 2.45) is 5.73 Å². The monoisotopic (exact) mass is 271 g/mol. The van der Waals surface area contributed by atoms with Crippen molar-refractivity contribution in [3.05, 3.63) is 52.8 Å². The molecule has 0 saturated carbocycles. The molecule has 0 aliphatic heterocycles.